The van der Waals surface area contributed by atoms with Gasteiger partial charge in [0, 0.05) is 31.2 Å². The predicted molar refractivity (Wildman–Crippen MR) is 143 cm³/mol. The summed E-state index contributed by atoms with van der Waals surface area (Å²) in [6, 6.07) is 28.6. The van der Waals surface area contributed by atoms with Crippen molar-refractivity contribution in [2.45, 2.75) is 9.79 Å². The van der Waals surface area contributed by atoms with Gasteiger partial charge in [0.2, 0.25) is 0 Å². The summed E-state index contributed by atoms with van der Waals surface area (Å²) < 4.78 is 0. The Labute approximate surface area is 215 Å². The van der Waals surface area contributed by atoms with Gasteiger partial charge in [0.15, 0.2) is 0 Å². The molecule has 0 atom stereocenters. The van der Waals surface area contributed by atoms with E-state index in [1.54, 1.807) is 60.7 Å². The van der Waals surface area contributed by atoms with E-state index in [1.165, 1.54) is 21.6 Å². The van der Waals surface area contributed by atoms with Gasteiger partial charge in [0.05, 0.1) is 11.1 Å². The number of carbonyl (C=O) groups is 2. The van der Waals surface area contributed by atoms with E-state index < -0.39 is 0 Å². The molecule has 0 heterocycles. The van der Waals surface area contributed by atoms with Crippen LogP contribution in [-0.2, 0) is 0 Å². The molecule has 0 aliphatic heterocycles. The highest BCUT2D eigenvalue weighted by atomic mass is 35.5. The van der Waals surface area contributed by atoms with Crippen molar-refractivity contribution in [2.24, 2.45) is 0 Å². The van der Waals surface area contributed by atoms with Gasteiger partial charge in [0.1, 0.15) is 0 Å². The van der Waals surface area contributed by atoms with Crippen LogP contribution >= 0.6 is 44.8 Å². The monoisotopic (exact) mass is 524 g/mol. The summed E-state index contributed by atoms with van der Waals surface area (Å²) in [5, 5.41) is 6.85. The van der Waals surface area contributed by atoms with Crippen LogP contribution in [0.2, 0.25) is 10.0 Å². The molecule has 170 valence electrons. The average molecular weight is 525 g/mol. The smallest absolute Gasteiger partial charge is 0.256 e. The van der Waals surface area contributed by atoms with Crippen LogP contribution in [0.15, 0.2) is 107 Å². The molecule has 4 rings (SSSR count). The van der Waals surface area contributed by atoms with Gasteiger partial charge in [-0.2, -0.15) is 0 Å². The van der Waals surface area contributed by atoms with E-state index in [1.807, 2.05) is 36.4 Å². The molecule has 0 unspecified atom stereocenters. The lowest BCUT2D eigenvalue weighted by Crippen LogP contribution is -2.13. The molecule has 0 aliphatic rings. The maximum Gasteiger partial charge on any atom is 0.256 e. The number of rotatable bonds is 7. The van der Waals surface area contributed by atoms with E-state index in [0.29, 0.717) is 32.5 Å². The molecule has 0 fully saturated rings. The van der Waals surface area contributed by atoms with Crippen molar-refractivity contribution in [3.63, 3.8) is 0 Å². The first-order valence-corrected chi connectivity index (χ1v) is 13.1. The molecular weight excluding hydrogens is 507 g/mol. The van der Waals surface area contributed by atoms with Crippen LogP contribution in [0.5, 0.6) is 0 Å². The fraction of sp³-hybridized carbons (Fsp3) is 0. The number of anilines is 2. The molecule has 4 aromatic carbocycles. The molecule has 4 nitrogen and oxygen atoms in total. The second-order valence-electron chi connectivity index (χ2n) is 7.09. The molecule has 0 aromatic heterocycles. The largest absolute Gasteiger partial charge is 0.322 e. The maximum atomic E-state index is 12.9. The zero-order valence-electron chi connectivity index (χ0n) is 17.6. The zero-order valence-corrected chi connectivity index (χ0v) is 20.8. The number of hydrogen-bond donors (Lipinski definition) is 2. The van der Waals surface area contributed by atoms with Gasteiger partial charge in [0.25, 0.3) is 11.8 Å². The average Bonchev–Trinajstić information content (AvgIpc) is 2.83. The molecular formula is C26H18Cl2N2O2S2. The highest BCUT2D eigenvalue weighted by Gasteiger charge is 2.16. The van der Waals surface area contributed by atoms with E-state index in [-0.39, 0.29) is 11.8 Å². The third-order valence-corrected chi connectivity index (χ3v) is 7.60. The number of hydrogen-bond acceptors (Lipinski definition) is 4. The van der Waals surface area contributed by atoms with Gasteiger partial charge in [-0.1, -0.05) is 81.2 Å². The van der Waals surface area contributed by atoms with E-state index in [9.17, 15) is 9.59 Å². The Morgan fingerprint density at radius 3 is 1.38 bits per heavy atom. The summed E-state index contributed by atoms with van der Waals surface area (Å²) in [5.41, 5.74) is 2.29. The Kier molecular flexibility index (Phi) is 8.19. The number of amides is 2. The van der Waals surface area contributed by atoms with Crippen LogP contribution in [0.25, 0.3) is 0 Å². The number of benzene rings is 4. The molecule has 34 heavy (non-hydrogen) atoms. The van der Waals surface area contributed by atoms with Crippen molar-refractivity contribution in [1.82, 2.24) is 0 Å². The predicted octanol–water partition coefficient (Wildman–Crippen LogP) is 8.30. The summed E-state index contributed by atoms with van der Waals surface area (Å²) in [4.78, 5) is 27.4. The molecule has 0 saturated carbocycles. The highest BCUT2D eigenvalue weighted by Crippen LogP contribution is 2.40. The Bertz CT molecular complexity index is 1240. The van der Waals surface area contributed by atoms with E-state index in [2.05, 4.69) is 10.6 Å². The van der Waals surface area contributed by atoms with E-state index in [0.717, 1.165) is 9.79 Å². The number of nitrogens with one attached hydrogen (secondary N) is 2. The Morgan fingerprint density at radius 1 is 0.559 bits per heavy atom. The summed E-state index contributed by atoms with van der Waals surface area (Å²) >= 11 is 12.0. The maximum absolute atomic E-state index is 12.9. The number of halogens is 2. The van der Waals surface area contributed by atoms with Crippen LogP contribution in [0.3, 0.4) is 0 Å². The van der Waals surface area contributed by atoms with Gasteiger partial charge in [-0.15, -0.1) is 0 Å². The zero-order chi connectivity index (χ0) is 23.9. The summed E-state index contributed by atoms with van der Waals surface area (Å²) in [7, 11) is 2.82. The molecule has 0 aliphatic carbocycles. The van der Waals surface area contributed by atoms with Gasteiger partial charge in [-0.25, -0.2) is 0 Å². The van der Waals surface area contributed by atoms with Gasteiger partial charge in [-0.05, 0) is 60.7 Å². The van der Waals surface area contributed by atoms with Crippen LogP contribution in [0, 0.1) is 0 Å². The summed E-state index contributed by atoms with van der Waals surface area (Å²) in [5.74, 6) is -0.476. The first-order valence-electron chi connectivity index (χ1n) is 10.2. The van der Waals surface area contributed by atoms with Gasteiger partial charge < -0.3 is 10.6 Å². The Morgan fingerprint density at radius 2 is 0.971 bits per heavy atom. The van der Waals surface area contributed by atoms with Crippen molar-refractivity contribution in [2.75, 3.05) is 10.6 Å². The lowest BCUT2D eigenvalue weighted by atomic mass is 10.2. The molecule has 2 amide bonds. The molecule has 4 aromatic rings. The molecule has 8 heteroatoms. The second-order valence-corrected chi connectivity index (χ2v) is 10.2. The summed E-state index contributed by atoms with van der Waals surface area (Å²) in [6.45, 7) is 0. The van der Waals surface area contributed by atoms with E-state index >= 15 is 0 Å². The molecule has 0 radical (unpaired) electrons. The van der Waals surface area contributed by atoms with Gasteiger partial charge >= 0.3 is 0 Å². The molecule has 2 N–H and O–H groups in total. The molecule has 0 saturated heterocycles. The Balaban J connectivity index is 1.49. The second kappa shape index (κ2) is 11.5. The van der Waals surface area contributed by atoms with Gasteiger partial charge in [-0.3, -0.25) is 9.59 Å². The van der Waals surface area contributed by atoms with Crippen LogP contribution in [-0.4, -0.2) is 11.8 Å². The third kappa shape index (κ3) is 6.36. The SMILES string of the molecule is O=C(Nc1cccc(Cl)c1)c1ccccc1SSc1ccccc1C(=O)Nc1cccc(Cl)c1. The fourth-order valence-electron chi connectivity index (χ4n) is 3.07. The van der Waals surface area contributed by atoms with Crippen LogP contribution in [0.4, 0.5) is 11.4 Å². The molecule has 0 spiro atoms. The van der Waals surface area contributed by atoms with Crippen LogP contribution in [0.1, 0.15) is 20.7 Å². The van der Waals surface area contributed by atoms with Crippen molar-refractivity contribution in [1.29, 1.82) is 0 Å². The lowest BCUT2D eigenvalue weighted by molar-refractivity contribution is 0.101. The minimum Gasteiger partial charge on any atom is -0.322 e. The van der Waals surface area contributed by atoms with Crippen molar-refractivity contribution < 1.29 is 9.59 Å². The highest BCUT2D eigenvalue weighted by molar-refractivity contribution is 8.76. The third-order valence-electron chi connectivity index (χ3n) is 4.65. The quantitative estimate of drug-likeness (QED) is 0.238. The minimum atomic E-state index is -0.238. The van der Waals surface area contributed by atoms with E-state index in [4.69, 9.17) is 23.2 Å². The standard InChI is InChI=1S/C26H18Cl2N2O2S2/c27-17-7-5-9-19(15-17)29-25(31)21-11-1-3-13-23(21)33-34-24-14-4-2-12-22(24)26(32)30-20-10-6-8-18(28)16-20/h1-16H,(H,29,31)(H,30,32). The van der Waals surface area contributed by atoms with Crippen molar-refractivity contribution in [3.8, 4) is 0 Å². The van der Waals surface area contributed by atoms with Crippen LogP contribution < -0.4 is 10.6 Å². The minimum absolute atomic E-state index is 0.238. The fourth-order valence-corrected chi connectivity index (χ4v) is 5.81. The topological polar surface area (TPSA) is 58.2 Å². The first kappa shape index (κ1) is 24.2. The first-order chi connectivity index (χ1) is 16.5. The van der Waals surface area contributed by atoms with Crippen molar-refractivity contribution >= 4 is 68.0 Å². The van der Waals surface area contributed by atoms with Crippen molar-refractivity contribution in [3.05, 3.63) is 118 Å². The Hall–Kier alpha value is -2.90. The number of carbonyl (C=O) groups excluding carboxylic acids is 2. The summed E-state index contributed by atoms with van der Waals surface area (Å²) in [6.07, 6.45) is 0. The normalized spacial score (nSPS) is 10.5. The molecule has 0 bridgehead atoms. The lowest BCUT2D eigenvalue weighted by Gasteiger charge is -2.12.